The molecule has 0 saturated heterocycles. The average molecular weight is 433 g/mol. The Morgan fingerprint density at radius 1 is 0.812 bits per heavy atom. The van der Waals surface area contributed by atoms with Gasteiger partial charge in [0.25, 0.3) is 0 Å². The minimum absolute atomic E-state index is 0.410. The van der Waals surface area contributed by atoms with Crippen molar-refractivity contribution >= 4 is 0 Å². The van der Waals surface area contributed by atoms with Gasteiger partial charge in [0, 0.05) is 0 Å². The molecule has 0 amide bonds. The molecule has 0 heterocycles. The second kappa shape index (κ2) is 14.0. The highest BCUT2D eigenvalue weighted by molar-refractivity contribution is 5.64. The van der Waals surface area contributed by atoms with Crippen molar-refractivity contribution in [2.45, 2.75) is 77.2 Å². The van der Waals surface area contributed by atoms with E-state index in [2.05, 4.69) is 67.6 Å². The number of unbranched alkanes of at least 4 members (excludes halogenated alkanes) is 3. The van der Waals surface area contributed by atoms with E-state index < -0.39 is 0 Å². The topological polar surface area (TPSA) is 18.5 Å². The standard InChI is InChI=1S/C30H40O2/c1-3-5-7-9-23-31-29-19-15-27(16-20-29)25-11-13-26(14-12-25)28-17-21-30(22-18-28)32-24-10-8-6-4-2/h3,5,7,9,11-14,17-18,21-22,27,29H,4,6,8,10,15-16,19-20,23-24H2,1-2H3/b5-3+,9-7+. The quantitative estimate of drug-likeness (QED) is 0.247. The zero-order valence-electron chi connectivity index (χ0n) is 20.0. The summed E-state index contributed by atoms with van der Waals surface area (Å²) in [6.45, 7) is 5.80. The molecule has 2 nitrogen and oxygen atoms in total. The monoisotopic (exact) mass is 432 g/mol. The number of rotatable bonds is 12. The summed E-state index contributed by atoms with van der Waals surface area (Å²) in [5.41, 5.74) is 3.98. The lowest BCUT2D eigenvalue weighted by Crippen LogP contribution is -2.20. The molecule has 172 valence electrons. The molecule has 0 aliphatic heterocycles. The Morgan fingerprint density at radius 2 is 1.50 bits per heavy atom. The van der Waals surface area contributed by atoms with Crippen LogP contribution in [0.15, 0.2) is 72.8 Å². The number of hydrogen-bond acceptors (Lipinski definition) is 2. The first-order valence-electron chi connectivity index (χ1n) is 12.5. The number of hydrogen-bond donors (Lipinski definition) is 0. The van der Waals surface area contributed by atoms with E-state index in [1.165, 1.54) is 48.8 Å². The molecule has 0 atom stereocenters. The van der Waals surface area contributed by atoms with Crippen LogP contribution >= 0.6 is 0 Å². The predicted octanol–water partition coefficient (Wildman–Crippen LogP) is 8.49. The van der Waals surface area contributed by atoms with Crippen LogP contribution in [-0.2, 0) is 4.74 Å². The van der Waals surface area contributed by atoms with E-state index in [0.717, 1.165) is 38.2 Å². The Hall–Kier alpha value is -2.32. The lowest BCUT2D eigenvalue weighted by Gasteiger charge is -2.28. The Kier molecular flexibility index (Phi) is 10.6. The Balaban J connectivity index is 1.44. The summed E-state index contributed by atoms with van der Waals surface area (Å²) in [5, 5.41) is 0. The summed E-state index contributed by atoms with van der Waals surface area (Å²) in [6, 6.07) is 17.7. The maximum Gasteiger partial charge on any atom is 0.119 e. The van der Waals surface area contributed by atoms with Crippen LogP contribution in [0.5, 0.6) is 5.75 Å². The first-order valence-corrected chi connectivity index (χ1v) is 12.5. The lowest BCUT2D eigenvalue weighted by molar-refractivity contribution is 0.0422. The summed E-state index contributed by atoms with van der Waals surface area (Å²) >= 11 is 0. The van der Waals surface area contributed by atoms with Gasteiger partial charge in [0.05, 0.1) is 19.3 Å². The van der Waals surface area contributed by atoms with Crippen molar-refractivity contribution in [2.75, 3.05) is 13.2 Å². The van der Waals surface area contributed by atoms with Crippen molar-refractivity contribution in [3.8, 4) is 16.9 Å². The van der Waals surface area contributed by atoms with Crippen molar-refractivity contribution < 1.29 is 9.47 Å². The van der Waals surface area contributed by atoms with Crippen LogP contribution in [0.25, 0.3) is 11.1 Å². The Labute approximate surface area is 195 Å². The Bertz CT molecular complexity index is 809. The number of benzene rings is 2. The highest BCUT2D eigenvalue weighted by atomic mass is 16.5. The SMILES string of the molecule is C/C=C/C=C/COC1CCC(c2ccc(-c3ccc(OCCCCCC)cc3)cc2)CC1. The summed E-state index contributed by atoms with van der Waals surface area (Å²) in [5.74, 6) is 1.63. The summed E-state index contributed by atoms with van der Waals surface area (Å²) in [7, 11) is 0. The molecule has 1 aliphatic carbocycles. The van der Waals surface area contributed by atoms with E-state index in [9.17, 15) is 0 Å². The molecule has 1 aliphatic rings. The molecule has 0 unspecified atom stereocenters. The zero-order chi connectivity index (χ0) is 22.4. The third-order valence-corrected chi connectivity index (χ3v) is 6.38. The van der Waals surface area contributed by atoms with E-state index in [-0.39, 0.29) is 0 Å². The van der Waals surface area contributed by atoms with Crippen LogP contribution in [0.1, 0.15) is 76.7 Å². The number of allylic oxidation sites excluding steroid dienone is 3. The minimum atomic E-state index is 0.410. The van der Waals surface area contributed by atoms with Gasteiger partial charge in [0.15, 0.2) is 0 Å². The van der Waals surface area contributed by atoms with Gasteiger partial charge in [-0.05, 0) is 73.8 Å². The first kappa shape index (κ1) is 24.3. The summed E-state index contributed by atoms with van der Waals surface area (Å²) < 4.78 is 11.9. The number of ether oxygens (including phenoxy) is 2. The molecule has 2 aromatic rings. The van der Waals surface area contributed by atoms with Gasteiger partial charge in [-0.2, -0.15) is 0 Å². The van der Waals surface area contributed by atoms with E-state index in [4.69, 9.17) is 9.47 Å². The fraction of sp³-hybridized carbons (Fsp3) is 0.467. The molecule has 2 heteroatoms. The molecule has 32 heavy (non-hydrogen) atoms. The van der Waals surface area contributed by atoms with Gasteiger partial charge in [-0.3, -0.25) is 0 Å². The van der Waals surface area contributed by atoms with Crippen molar-refractivity contribution in [1.82, 2.24) is 0 Å². The van der Waals surface area contributed by atoms with Crippen LogP contribution in [0, 0.1) is 0 Å². The van der Waals surface area contributed by atoms with Crippen molar-refractivity contribution in [3.05, 3.63) is 78.4 Å². The molecule has 1 fully saturated rings. The van der Waals surface area contributed by atoms with Crippen molar-refractivity contribution in [3.63, 3.8) is 0 Å². The molecule has 0 spiro atoms. The predicted molar refractivity (Wildman–Crippen MR) is 136 cm³/mol. The van der Waals surface area contributed by atoms with Gasteiger partial charge < -0.3 is 9.47 Å². The van der Waals surface area contributed by atoms with Crippen LogP contribution < -0.4 is 4.74 Å². The summed E-state index contributed by atoms with van der Waals surface area (Å²) in [6.07, 6.45) is 18.3. The molecule has 0 bridgehead atoms. The van der Waals surface area contributed by atoms with Gasteiger partial charge in [0.1, 0.15) is 5.75 Å². The van der Waals surface area contributed by atoms with Gasteiger partial charge in [0.2, 0.25) is 0 Å². The third kappa shape index (κ3) is 7.98. The molecule has 2 aromatic carbocycles. The van der Waals surface area contributed by atoms with Crippen LogP contribution in [0.3, 0.4) is 0 Å². The molecule has 0 N–H and O–H groups in total. The lowest BCUT2D eigenvalue weighted by atomic mass is 9.82. The fourth-order valence-electron chi connectivity index (χ4n) is 4.41. The third-order valence-electron chi connectivity index (χ3n) is 6.38. The normalized spacial score (nSPS) is 19.1. The minimum Gasteiger partial charge on any atom is -0.494 e. The Morgan fingerprint density at radius 3 is 2.16 bits per heavy atom. The fourth-order valence-corrected chi connectivity index (χ4v) is 4.41. The summed E-state index contributed by atoms with van der Waals surface area (Å²) in [4.78, 5) is 0. The zero-order valence-corrected chi connectivity index (χ0v) is 20.0. The molecule has 1 saturated carbocycles. The maximum atomic E-state index is 6.01. The largest absolute Gasteiger partial charge is 0.494 e. The van der Waals surface area contributed by atoms with Crippen LogP contribution in [-0.4, -0.2) is 19.3 Å². The molecule has 0 aromatic heterocycles. The van der Waals surface area contributed by atoms with Crippen LogP contribution in [0.4, 0.5) is 0 Å². The van der Waals surface area contributed by atoms with Crippen LogP contribution in [0.2, 0.25) is 0 Å². The van der Waals surface area contributed by atoms with E-state index in [0.29, 0.717) is 12.0 Å². The molecular weight excluding hydrogens is 392 g/mol. The molecular formula is C30H40O2. The first-order chi connectivity index (χ1) is 15.8. The van der Waals surface area contributed by atoms with Gasteiger partial charge in [-0.25, -0.2) is 0 Å². The molecule has 3 rings (SSSR count). The van der Waals surface area contributed by atoms with E-state index in [1.54, 1.807) is 0 Å². The smallest absolute Gasteiger partial charge is 0.119 e. The van der Waals surface area contributed by atoms with E-state index >= 15 is 0 Å². The maximum absolute atomic E-state index is 6.01. The highest BCUT2D eigenvalue weighted by Gasteiger charge is 2.22. The van der Waals surface area contributed by atoms with Gasteiger partial charge >= 0.3 is 0 Å². The molecule has 0 radical (unpaired) electrons. The van der Waals surface area contributed by atoms with Crippen molar-refractivity contribution in [2.24, 2.45) is 0 Å². The average Bonchev–Trinajstić information content (AvgIpc) is 2.85. The van der Waals surface area contributed by atoms with Gasteiger partial charge in [-0.1, -0.05) is 86.9 Å². The van der Waals surface area contributed by atoms with Gasteiger partial charge in [-0.15, -0.1) is 0 Å². The van der Waals surface area contributed by atoms with E-state index in [1.807, 2.05) is 19.1 Å². The second-order valence-electron chi connectivity index (χ2n) is 8.82. The highest BCUT2D eigenvalue weighted by Crippen LogP contribution is 2.35. The van der Waals surface area contributed by atoms with Crippen molar-refractivity contribution in [1.29, 1.82) is 0 Å². The second-order valence-corrected chi connectivity index (χ2v) is 8.82.